The third-order valence-corrected chi connectivity index (χ3v) is 8.58. The number of nitrogens with zero attached hydrogens (tertiary/aromatic N) is 1. The quantitative estimate of drug-likeness (QED) is 0.155. The van der Waals surface area contributed by atoms with E-state index >= 15 is 0 Å². The first-order chi connectivity index (χ1) is 21.3. The number of carbonyl (C=O) groups excluding carboxylic acids is 2. The highest BCUT2D eigenvalue weighted by molar-refractivity contribution is 7.93. The van der Waals surface area contributed by atoms with Crippen LogP contribution in [0.15, 0.2) is 95.9 Å². The van der Waals surface area contributed by atoms with E-state index in [9.17, 15) is 31.2 Å². The number of methoxy groups -OCH3 is 2. The molecule has 0 bridgehead atoms. The van der Waals surface area contributed by atoms with Crippen LogP contribution in [-0.2, 0) is 25.2 Å². The molecule has 1 aliphatic heterocycles. The average Bonchev–Trinajstić information content (AvgIpc) is 3.24. The first-order valence-electron chi connectivity index (χ1n) is 12.7. The van der Waals surface area contributed by atoms with Gasteiger partial charge in [0, 0.05) is 16.7 Å². The number of hydrogen-bond donors (Lipinski definition) is 0. The summed E-state index contributed by atoms with van der Waals surface area (Å²) in [6.07, 6.45) is -6.81. The van der Waals surface area contributed by atoms with Crippen molar-refractivity contribution < 1.29 is 54.9 Å². The monoisotopic (exact) mass is 663 g/mol. The van der Waals surface area contributed by atoms with Gasteiger partial charge in [0.05, 0.1) is 25.5 Å². The van der Waals surface area contributed by atoms with E-state index in [1.54, 1.807) is 6.07 Å². The number of rotatable bonds is 8. The Morgan fingerprint density at radius 1 is 0.822 bits per heavy atom. The summed E-state index contributed by atoms with van der Waals surface area (Å²) in [5.74, 6) is -2.49. The first kappa shape index (κ1) is 31.5. The van der Waals surface area contributed by atoms with Gasteiger partial charge < -0.3 is 23.7 Å². The highest BCUT2D eigenvalue weighted by Gasteiger charge is 2.61. The van der Waals surface area contributed by atoms with Crippen molar-refractivity contribution in [3.8, 4) is 23.0 Å². The number of alkyl halides is 3. The van der Waals surface area contributed by atoms with Crippen molar-refractivity contribution in [2.75, 3.05) is 18.5 Å². The number of sulfonamides is 1. The SMILES string of the molecule is COc1ccc(S(=O)(=O)N2C(=O)C(OC(=O)Oc3ccccc3)(c3ccccc3OC(F)(F)F)c3cc(Cl)ccc32)c(OC)c1. The minimum atomic E-state index is -5.26. The predicted octanol–water partition coefficient (Wildman–Crippen LogP) is 6.45. The molecular formula is C30H21ClF3NO9S. The lowest BCUT2D eigenvalue weighted by atomic mass is 9.86. The maximum atomic E-state index is 14.6. The highest BCUT2D eigenvalue weighted by atomic mass is 35.5. The molecule has 1 heterocycles. The van der Waals surface area contributed by atoms with Crippen molar-refractivity contribution in [3.05, 3.63) is 107 Å². The summed E-state index contributed by atoms with van der Waals surface area (Å²) in [4.78, 5) is 27.4. The molecule has 0 spiro atoms. The average molecular weight is 664 g/mol. The van der Waals surface area contributed by atoms with Gasteiger partial charge in [-0.3, -0.25) is 4.79 Å². The lowest BCUT2D eigenvalue weighted by Gasteiger charge is -2.30. The summed E-state index contributed by atoms with van der Waals surface area (Å²) in [6, 6.07) is 18.9. The Bertz CT molecular complexity index is 1890. The Labute approximate surface area is 259 Å². The van der Waals surface area contributed by atoms with Gasteiger partial charge in [0.1, 0.15) is 27.9 Å². The van der Waals surface area contributed by atoms with Gasteiger partial charge in [-0.1, -0.05) is 48.0 Å². The summed E-state index contributed by atoms with van der Waals surface area (Å²) >= 11 is 6.26. The fourth-order valence-corrected chi connectivity index (χ4v) is 6.55. The summed E-state index contributed by atoms with van der Waals surface area (Å²) < 4.78 is 95.0. The normalized spacial score (nSPS) is 16.1. The van der Waals surface area contributed by atoms with E-state index in [-0.39, 0.29) is 33.5 Å². The van der Waals surface area contributed by atoms with Crippen LogP contribution in [0.3, 0.4) is 0 Å². The summed E-state index contributed by atoms with van der Waals surface area (Å²) in [5, 5.41) is -0.0681. The number of fused-ring (bicyclic) bond motifs is 1. The molecule has 234 valence electrons. The van der Waals surface area contributed by atoms with E-state index in [1.807, 2.05) is 0 Å². The molecule has 10 nitrogen and oxygen atoms in total. The Balaban J connectivity index is 1.77. The number of anilines is 1. The van der Waals surface area contributed by atoms with E-state index in [2.05, 4.69) is 4.74 Å². The van der Waals surface area contributed by atoms with Crippen LogP contribution < -0.4 is 23.3 Å². The number of carbonyl (C=O) groups is 2. The molecular weight excluding hydrogens is 643 g/mol. The van der Waals surface area contributed by atoms with E-state index in [0.717, 1.165) is 30.3 Å². The van der Waals surface area contributed by atoms with E-state index < -0.39 is 50.3 Å². The molecule has 1 unspecified atom stereocenters. The zero-order chi connectivity index (χ0) is 32.6. The maximum Gasteiger partial charge on any atom is 0.573 e. The predicted molar refractivity (Wildman–Crippen MR) is 153 cm³/mol. The standard InChI is InChI=1S/C30H21ClF3NO9S/c1-40-20-13-15-26(25(17-20)41-2)45(38,39)35-23-14-12-18(31)16-22(23)29(27(35)36,44-28(37)42-19-8-4-3-5-9-19)21-10-6-7-11-24(21)43-30(32,33)34/h3-17H,1-2H3. The number of amides is 1. The van der Waals surface area contributed by atoms with Gasteiger partial charge in [0.2, 0.25) is 0 Å². The van der Waals surface area contributed by atoms with Crippen LogP contribution in [0, 0.1) is 0 Å². The molecule has 1 aliphatic rings. The number of hydrogen-bond acceptors (Lipinski definition) is 9. The molecule has 1 atom stereocenters. The van der Waals surface area contributed by atoms with E-state index in [0.29, 0.717) is 4.31 Å². The Hall–Kier alpha value is -4.95. The Kier molecular flexibility index (Phi) is 8.29. The van der Waals surface area contributed by atoms with Crippen LogP contribution in [0.4, 0.5) is 23.7 Å². The van der Waals surface area contributed by atoms with E-state index in [1.165, 1.54) is 68.8 Å². The van der Waals surface area contributed by atoms with Crippen LogP contribution in [-0.4, -0.2) is 41.1 Å². The highest BCUT2D eigenvalue weighted by Crippen LogP contribution is 2.53. The number of para-hydroxylation sites is 2. The molecule has 0 saturated carbocycles. The van der Waals surface area contributed by atoms with Gasteiger partial charge in [-0.25, -0.2) is 13.2 Å². The van der Waals surface area contributed by atoms with Crippen molar-refractivity contribution in [2.24, 2.45) is 0 Å². The molecule has 0 saturated heterocycles. The zero-order valence-electron chi connectivity index (χ0n) is 23.2. The molecule has 0 radical (unpaired) electrons. The minimum Gasteiger partial charge on any atom is -0.497 e. The lowest BCUT2D eigenvalue weighted by molar-refractivity contribution is -0.275. The second kappa shape index (κ2) is 11.9. The summed E-state index contributed by atoms with van der Waals surface area (Å²) in [5.41, 5.74) is -4.35. The van der Waals surface area contributed by atoms with Crippen LogP contribution >= 0.6 is 11.6 Å². The van der Waals surface area contributed by atoms with E-state index in [4.69, 9.17) is 30.5 Å². The van der Waals surface area contributed by atoms with Crippen molar-refractivity contribution in [2.45, 2.75) is 16.9 Å². The molecule has 0 N–H and O–H groups in total. The second-order valence-corrected chi connectivity index (χ2v) is 11.4. The maximum absolute atomic E-state index is 14.6. The van der Waals surface area contributed by atoms with Gasteiger partial charge in [-0.05, 0) is 48.5 Å². The van der Waals surface area contributed by atoms with Crippen molar-refractivity contribution in [1.29, 1.82) is 0 Å². The Morgan fingerprint density at radius 2 is 1.51 bits per heavy atom. The lowest BCUT2D eigenvalue weighted by Crippen LogP contribution is -2.47. The van der Waals surface area contributed by atoms with Crippen LogP contribution in [0.2, 0.25) is 5.02 Å². The van der Waals surface area contributed by atoms with Gasteiger partial charge >= 0.3 is 12.5 Å². The van der Waals surface area contributed by atoms with Gasteiger partial charge in [-0.2, -0.15) is 4.31 Å². The minimum absolute atomic E-state index is 0.0401. The molecule has 15 heteroatoms. The molecule has 5 rings (SSSR count). The van der Waals surface area contributed by atoms with Crippen molar-refractivity contribution >= 4 is 39.4 Å². The van der Waals surface area contributed by atoms with Crippen LogP contribution in [0.25, 0.3) is 0 Å². The molecule has 0 aliphatic carbocycles. The topological polar surface area (TPSA) is 118 Å². The number of halogens is 4. The van der Waals surface area contributed by atoms with Gasteiger partial charge in [0.15, 0.2) is 0 Å². The smallest absolute Gasteiger partial charge is 0.497 e. The van der Waals surface area contributed by atoms with Crippen LogP contribution in [0.1, 0.15) is 11.1 Å². The summed E-state index contributed by atoms with van der Waals surface area (Å²) in [6.45, 7) is 0. The summed E-state index contributed by atoms with van der Waals surface area (Å²) in [7, 11) is -2.41. The molecule has 45 heavy (non-hydrogen) atoms. The van der Waals surface area contributed by atoms with Gasteiger partial charge in [-0.15, -0.1) is 13.2 Å². The molecule has 1 amide bonds. The molecule has 4 aromatic rings. The third-order valence-electron chi connectivity index (χ3n) is 6.60. The number of ether oxygens (including phenoxy) is 5. The van der Waals surface area contributed by atoms with Crippen molar-refractivity contribution in [3.63, 3.8) is 0 Å². The number of benzene rings is 4. The molecule has 0 fully saturated rings. The first-order valence-corrected chi connectivity index (χ1v) is 14.6. The fourth-order valence-electron chi connectivity index (χ4n) is 4.78. The largest absolute Gasteiger partial charge is 0.573 e. The van der Waals surface area contributed by atoms with Crippen molar-refractivity contribution in [1.82, 2.24) is 0 Å². The fraction of sp³-hybridized carbons (Fsp3) is 0.133. The van der Waals surface area contributed by atoms with Gasteiger partial charge in [0.25, 0.3) is 21.5 Å². The zero-order valence-corrected chi connectivity index (χ0v) is 24.8. The third kappa shape index (κ3) is 5.81. The molecule has 0 aromatic heterocycles. The molecule has 4 aromatic carbocycles. The van der Waals surface area contributed by atoms with Crippen LogP contribution in [0.5, 0.6) is 23.0 Å². The Morgan fingerprint density at radius 3 is 2.18 bits per heavy atom. The second-order valence-electron chi connectivity index (χ2n) is 9.25.